The van der Waals surface area contributed by atoms with Gasteiger partial charge in [0.2, 0.25) is 0 Å². The first kappa shape index (κ1) is 65.1. The van der Waals surface area contributed by atoms with Gasteiger partial charge < -0.3 is 27.9 Å². The Morgan fingerprint density at radius 1 is 0.449 bits per heavy atom. The van der Waals surface area contributed by atoms with Crippen molar-refractivity contribution in [2.24, 2.45) is 0 Å². The number of allylic oxidation sites excluding steroid dienone is 26. The summed E-state index contributed by atoms with van der Waals surface area (Å²) >= 11 is 0. The number of hydrogen-bond donors (Lipinski definition) is 0. The summed E-state index contributed by atoms with van der Waals surface area (Å²) in [5.41, 5.74) is 0. The van der Waals surface area contributed by atoms with Gasteiger partial charge in [0.05, 0.1) is 34.4 Å². The van der Waals surface area contributed by atoms with Crippen molar-refractivity contribution in [3.63, 3.8) is 0 Å². The van der Waals surface area contributed by atoms with Crippen LogP contribution in [0.4, 0.5) is 0 Å². The Morgan fingerprint density at radius 2 is 0.797 bits per heavy atom. The lowest BCUT2D eigenvalue weighted by Crippen LogP contribution is -2.37. The number of phosphoric ester groups is 1. The average molecular weight is 974 g/mol. The van der Waals surface area contributed by atoms with Gasteiger partial charge in [-0.2, -0.15) is 0 Å². The Labute approximate surface area is 422 Å². The topological polar surface area (TPSA) is 94.1 Å². The van der Waals surface area contributed by atoms with E-state index in [0.717, 1.165) is 128 Å². The molecule has 0 amide bonds. The maximum Gasteiger partial charge on any atom is 0.306 e. The number of hydrogen-bond acceptors (Lipinski definition) is 7. The van der Waals surface area contributed by atoms with Crippen LogP contribution < -0.4 is 4.89 Å². The Kier molecular flexibility index (Phi) is 47.7. The third kappa shape index (κ3) is 54.9. The van der Waals surface area contributed by atoms with Gasteiger partial charge in [0.15, 0.2) is 0 Å². The molecule has 0 aliphatic rings. The standard InChI is InChI=1S/C60H96NO7P/c1-6-8-10-12-14-16-18-20-22-24-26-28-30-32-34-36-38-40-42-44-46-48-50-52-55-65-57-59(58-67-69(63,64)66-56-54-61(3,4)5)68-60(62)53-51-49-47-45-43-41-39-37-35-33-31-29-27-25-23-21-19-17-15-13-11-9-7-2/h8-11,14-17,20-23,26-29,32-35,38-41,45,47,59H,6-7,12-13,18-19,24-25,30-31,36-37,42-44,46,48-58H2,1-5H3/b10-8-,11-9-,16-14-,17-15-,22-20-,23-21-,28-26-,29-27-,34-32-,35-33-,40-38-,41-39-,47-45-. The number of ether oxygens (including phenoxy) is 2. The predicted molar refractivity (Wildman–Crippen MR) is 295 cm³/mol. The Hall–Kier alpha value is -3.88. The summed E-state index contributed by atoms with van der Waals surface area (Å²) in [6, 6.07) is 0. The number of carbonyl (C=O) groups is 1. The number of phosphoric acid groups is 1. The van der Waals surface area contributed by atoms with Crippen LogP contribution in [0.5, 0.6) is 0 Å². The van der Waals surface area contributed by atoms with Crippen LogP contribution in [0, 0.1) is 0 Å². The van der Waals surface area contributed by atoms with E-state index in [4.69, 9.17) is 18.5 Å². The van der Waals surface area contributed by atoms with E-state index < -0.39 is 19.9 Å². The smallest absolute Gasteiger partial charge is 0.306 e. The molecule has 0 radical (unpaired) electrons. The molecule has 388 valence electrons. The number of unbranched alkanes of at least 4 members (excludes halogenated alkanes) is 6. The van der Waals surface area contributed by atoms with Gasteiger partial charge in [-0.3, -0.25) is 9.36 Å². The van der Waals surface area contributed by atoms with Crippen molar-refractivity contribution < 1.29 is 37.3 Å². The number of likely N-dealkylation sites (N-methyl/N-ethyl adjacent to an activating group) is 1. The molecular weight excluding hydrogens is 878 g/mol. The number of carbonyl (C=O) groups excluding carboxylic acids is 1. The fourth-order valence-electron chi connectivity index (χ4n) is 6.13. The summed E-state index contributed by atoms with van der Waals surface area (Å²) in [5.74, 6) is -0.406. The predicted octanol–water partition coefficient (Wildman–Crippen LogP) is 16.0. The molecular formula is C60H96NO7P. The summed E-state index contributed by atoms with van der Waals surface area (Å²) in [5, 5.41) is 0. The molecule has 8 nitrogen and oxygen atoms in total. The third-order valence-corrected chi connectivity index (χ3v) is 11.0. The van der Waals surface area contributed by atoms with Crippen LogP contribution in [-0.4, -0.2) is 70.7 Å². The molecule has 0 aromatic rings. The maximum absolute atomic E-state index is 12.7. The lowest BCUT2D eigenvalue weighted by Gasteiger charge is -2.28. The van der Waals surface area contributed by atoms with Crippen LogP contribution in [0.2, 0.25) is 0 Å². The molecule has 69 heavy (non-hydrogen) atoms. The van der Waals surface area contributed by atoms with Gasteiger partial charge in [-0.15, -0.1) is 0 Å². The van der Waals surface area contributed by atoms with Crippen LogP contribution in [-0.2, 0) is 27.9 Å². The summed E-state index contributed by atoms with van der Waals surface area (Å²) in [7, 11) is 1.27. The van der Waals surface area contributed by atoms with Gasteiger partial charge in [-0.05, 0) is 116 Å². The Bertz CT molecular complexity index is 1650. The van der Waals surface area contributed by atoms with Gasteiger partial charge in [0, 0.05) is 13.0 Å². The van der Waals surface area contributed by atoms with Crippen LogP contribution >= 0.6 is 7.82 Å². The third-order valence-electron chi connectivity index (χ3n) is 10.1. The number of nitrogens with zero attached hydrogens (tertiary/aromatic N) is 1. The number of esters is 1. The minimum absolute atomic E-state index is 0.000231. The summed E-state index contributed by atoms with van der Waals surface area (Å²) < 4.78 is 34.7. The van der Waals surface area contributed by atoms with Gasteiger partial charge in [0.25, 0.3) is 7.82 Å². The highest BCUT2D eigenvalue weighted by molar-refractivity contribution is 7.45. The lowest BCUT2D eigenvalue weighted by atomic mass is 10.1. The molecule has 2 atom stereocenters. The van der Waals surface area contributed by atoms with E-state index in [1.54, 1.807) is 0 Å². The van der Waals surface area contributed by atoms with Crippen LogP contribution in [0.15, 0.2) is 158 Å². The van der Waals surface area contributed by atoms with Gasteiger partial charge in [0.1, 0.15) is 19.3 Å². The zero-order valence-electron chi connectivity index (χ0n) is 43.9. The molecule has 0 saturated heterocycles. The highest BCUT2D eigenvalue weighted by atomic mass is 31.2. The highest BCUT2D eigenvalue weighted by Gasteiger charge is 2.20. The normalized spacial score (nSPS) is 14.8. The fraction of sp³-hybridized carbons (Fsp3) is 0.550. The van der Waals surface area contributed by atoms with E-state index in [1.807, 2.05) is 21.1 Å². The van der Waals surface area contributed by atoms with Crippen LogP contribution in [0.1, 0.15) is 155 Å². The van der Waals surface area contributed by atoms with E-state index in [0.29, 0.717) is 24.1 Å². The Morgan fingerprint density at radius 3 is 1.19 bits per heavy atom. The molecule has 0 N–H and O–H groups in total. The molecule has 0 rings (SSSR count). The molecule has 9 heteroatoms. The molecule has 0 fully saturated rings. The van der Waals surface area contributed by atoms with Crippen molar-refractivity contribution in [2.45, 2.75) is 161 Å². The fourth-order valence-corrected chi connectivity index (χ4v) is 6.85. The second-order valence-corrected chi connectivity index (χ2v) is 19.2. The molecule has 2 unspecified atom stereocenters. The molecule has 0 aromatic heterocycles. The molecule has 0 spiro atoms. The van der Waals surface area contributed by atoms with Crippen molar-refractivity contribution in [1.82, 2.24) is 0 Å². The largest absolute Gasteiger partial charge is 0.756 e. The van der Waals surface area contributed by atoms with Crippen molar-refractivity contribution >= 4 is 13.8 Å². The molecule has 0 saturated carbocycles. The number of quaternary nitrogens is 1. The zero-order chi connectivity index (χ0) is 50.5. The van der Waals surface area contributed by atoms with Gasteiger partial charge in [-0.25, -0.2) is 0 Å². The second-order valence-electron chi connectivity index (χ2n) is 17.8. The molecule has 0 aromatic carbocycles. The molecule has 0 aliphatic carbocycles. The van der Waals surface area contributed by atoms with Crippen molar-refractivity contribution in [1.29, 1.82) is 0 Å². The quantitative estimate of drug-likeness (QED) is 0.0197. The molecule has 0 bridgehead atoms. The van der Waals surface area contributed by atoms with Crippen LogP contribution in [0.25, 0.3) is 0 Å². The number of rotatable bonds is 46. The minimum Gasteiger partial charge on any atom is -0.756 e. The average Bonchev–Trinajstić information content (AvgIpc) is 3.31. The van der Waals surface area contributed by atoms with E-state index in [2.05, 4.69) is 172 Å². The van der Waals surface area contributed by atoms with E-state index in [9.17, 15) is 14.3 Å². The summed E-state index contributed by atoms with van der Waals surface area (Å²) in [4.78, 5) is 25.2. The first-order valence-corrected chi connectivity index (χ1v) is 27.7. The first-order chi connectivity index (χ1) is 33.6. The SMILES string of the molecule is CC/C=C\C/C=C\C/C=C\C/C=C\C/C=C\C/C=C\C/C=C\CCCC(=O)OC(COCCCCCCC/C=C\C/C=C\C/C=C\C/C=C\C/C=C\C/C=C\CC)COP(=O)([O-])OCC[N+](C)(C)C. The zero-order valence-corrected chi connectivity index (χ0v) is 44.8. The first-order valence-electron chi connectivity index (χ1n) is 26.2. The molecule has 0 heterocycles. The highest BCUT2D eigenvalue weighted by Crippen LogP contribution is 2.38. The van der Waals surface area contributed by atoms with Gasteiger partial charge >= 0.3 is 5.97 Å². The maximum atomic E-state index is 12.7. The summed E-state index contributed by atoms with van der Waals surface area (Å²) in [6.07, 6.45) is 77.1. The lowest BCUT2D eigenvalue weighted by molar-refractivity contribution is -0.870. The minimum atomic E-state index is -4.57. The van der Waals surface area contributed by atoms with Crippen molar-refractivity contribution in [3.8, 4) is 0 Å². The monoisotopic (exact) mass is 974 g/mol. The van der Waals surface area contributed by atoms with E-state index in [1.165, 1.54) is 0 Å². The van der Waals surface area contributed by atoms with Gasteiger partial charge in [-0.1, -0.05) is 191 Å². The Balaban J connectivity index is 4.35. The second kappa shape index (κ2) is 50.5. The van der Waals surface area contributed by atoms with Crippen LogP contribution in [0.3, 0.4) is 0 Å². The van der Waals surface area contributed by atoms with Crippen molar-refractivity contribution in [3.05, 3.63) is 158 Å². The van der Waals surface area contributed by atoms with E-state index >= 15 is 0 Å². The molecule has 0 aliphatic heterocycles. The van der Waals surface area contributed by atoms with E-state index in [-0.39, 0.29) is 26.2 Å². The summed E-state index contributed by atoms with van der Waals surface area (Å²) in [6.45, 7) is 5.00. The van der Waals surface area contributed by atoms with Crippen molar-refractivity contribution in [2.75, 3.05) is 54.1 Å².